The molecule has 1 aromatic rings. The molecule has 0 aromatic carbocycles. The second-order valence-electron chi connectivity index (χ2n) is 8.87. The number of halogens is 4. The molecule has 1 saturated carbocycles. The van der Waals surface area contributed by atoms with Gasteiger partial charge in [-0.2, -0.15) is 0 Å². The number of fused-ring (bicyclic) bond motifs is 1. The Morgan fingerprint density at radius 2 is 1.97 bits per heavy atom. The molecule has 2 aliphatic rings. The van der Waals surface area contributed by atoms with E-state index in [1.807, 2.05) is 11.8 Å². The van der Waals surface area contributed by atoms with E-state index in [0.717, 1.165) is 25.7 Å². The van der Waals surface area contributed by atoms with Gasteiger partial charge in [0.25, 0.3) is 0 Å². The van der Waals surface area contributed by atoms with Crippen LogP contribution in [0.25, 0.3) is 0 Å². The Morgan fingerprint density at radius 1 is 1.27 bits per heavy atom. The molecule has 2 fully saturated rings. The van der Waals surface area contributed by atoms with Crippen molar-refractivity contribution in [2.45, 2.75) is 71.4 Å². The summed E-state index contributed by atoms with van der Waals surface area (Å²) in [6.45, 7) is 5.80. The van der Waals surface area contributed by atoms with Crippen LogP contribution >= 0.6 is 23.2 Å². The van der Waals surface area contributed by atoms with Crippen LogP contribution in [0.15, 0.2) is 6.20 Å². The monoisotopic (exact) mass is 462 g/mol. The number of aliphatic hydroxyl groups excluding tert-OH is 1. The van der Waals surface area contributed by atoms with Gasteiger partial charge in [-0.25, -0.2) is 8.78 Å². The molecule has 1 aromatic heterocycles. The first-order valence-electron chi connectivity index (χ1n) is 10.7. The fourth-order valence-corrected chi connectivity index (χ4v) is 6.14. The predicted molar refractivity (Wildman–Crippen MR) is 114 cm³/mol. The molecule has 4 nitrogen and oxygen atoms in total. The Kier molecular flexibility index (Phi) is 7.62. The maximum absolute atomic E-state index is 13.4. The van der Waals surface area contributed by atoms with E-state index in [1.165, 1.54) is 6.20 Å². The first kappa shape index (κ1) is 23.7. The van der Waals surface area contributed by atoms with Crippen LogP contribution in [0.1, 0.15) is 63.8 Å². The Bertz CT molecular complexity index is 778. The minimum Gasteiger partial charge on any atom is -0.387 e. The zero-order valence-corrected chi connectivity index (χ0v) is 19.1. The van der Waals surface area contributed by atoms with Gasteiger partial charge in [-0.15, -0.1) is 0 Å². The van der Waals surface area contributed by atoms with Gasteiger partial charge in [-0.05, 0) is 50.9 Å². The van der Waals surface area contributed by atoms with E-state index in [0.29, 0.717) is 22.8 Å². The summed E-state index contributed by atoms with van der Waals surface area (Å²) in [5.41, 5.74) is 0.767. The summed E-state index contributed by atoms with van der Waals surface area (Å²) < 4.78 is 26.7. The van der Waals surface area contributed by atoms with Crippen LogP contribution in [-0.2, 0) is 11.2 Å². The Hall–Kier alpha value is -0.980. The average molecular weight is 463 g/mol. The molecule has 8 heteroatoms. The Labute approximate surface area is 186 Å². The summed E-state index contributed by atoms with van der Waals surface area (Å²) in [7, 11) is 0. The van der Waals surface area contributed by atoms with Crippen LogP contribution in [0.4, 0.5) is 8.78 Å². The number of carbonyl (C=O) groups excluding carboxylic acids is 1. The zero-order valence-electron chi connectivity index (χ0n) is 17.6. The number of rotatable bonds is 5. The number of carbonyl (C=O) groups is 1. The molecule has 0 radical (unpaired) electrons. The van der Waals surface area contributed by atoms with Crippen molar-refractivity contribution in [2.24, 2.45) is 23.7 Å². The van der Waals surface area contributed by atoms with Crippen molar-refractivity contribution in [1.29, 1.82) is 0 Å². The summed E-state index contributed by atoms with van der Waals surface area (Å²) in [4.78, 5) is 19.1. The zero-order chi connectivity index (χ0) is 22.2. The number of nitrogens with zero attached hydrogens (tertiary/aromatic N) is 2. The maximum atomic E-state index is 13.4. The molecule has 2 heterocycles. The SMILES string of the molecule is CC(C(F)F)[C@@H]1CCC[C@H]2[C@H]1CCN(C(=O)Cc1c(Cl)cnc([C@H](C)O)c1Cl)[C@H]2C. The molecule has 0 bridgehead atoms. The van der Waals surface area contributed by atoms with Gasteiger partial charge in [0.05, 0.1) is 28.3 Å². The number of hydrogen-bond acceptors (Lipinski definition) is 3. The van der Waals surface area contributed by atoms with E-state index in [1.54, 1.807) is 13.8 Å². The van der Waals surface area contributed by atoms with Gasteiger partial charge in [-0.1, -0.05) is 36.5 Å². The molecule has 1 aliphatic heterocycles. The van der Waals surface area contributed by atoms with Crippen LogP contribution in [0.3, 0.4) is 0 Å². The van der Waals surface area contributed by atoms with Crippen LogP contribution in [0, 0.1) is 23.7 Å². The van der Waals surface area contributed by atoms with Gasteiger partial charge in [0.15, 0.2) is 0 Å². The minimum atomic E-state index is -2.30. The molecule has 30 heavy (non-hydrogen) atoms. The van der Waals surface area contributed by atoms with E-state index in [9.17, 15) is 18.7 Å². The standard InChI is InChI=1S/C22H30Cl2F2N2O2/c1-11(22(25)26)14-5-4-6-15-12(2)28(8-7-16(14)15)19(30)9-17-18(23)10-27-21(13(3)29)20(17)24/h10-16,22,29H,4-9H2,1-3H3/t11?,12-,13-,14-,15+,16-/m0/s1. The normalized spacial score (nSPS) is 28.9. The van der Waals surface area contributed by atoms with E-state index in [-0.39, 0.29) is 41.1 Å². The molecule has 168 valence electrons. The van der Waals surface area contributed by atoms with Crippen molar-refractivity contribution in [1.82, 2.24) is 9.88 Å². The third kappa shape index (κ3) is 4.61. The van der Waals surface area contributed by atoms with E-state index in [2.05, 4.69) is 4.98 Å². The second kappa shape index (κ2) is 9.66. The molecule has 1 amide bonds. The lowest BCUT2D eigenvalue weighted by atomic mass is 9.62. The lowest BCUT2D eigenvalue weighted by Crippen LogP contribution is -2.54. The molecule has 1 unspecified atom stereocenters. The van der Waals surface area contributed by atoms with Crippen molar-refractivity contribution in [3.63, 3.8) is 0 Å². The third-order valence-electron chi connectivity index (χ3n) is 7.20. The van der Waals surface area contributed by atoms with Crippen LogP contribution in [-0.4, -0.2) is 39.9 Å². The number of alkyl halides is 2. The number of amides is 1. The first-order chi connectivity index (χ1) is 14.1. The van der Waals surface area contributed by atoms with Gasteiger partial charge >= 0.3 is 0 Å². The highest BCUT2D eigenvalue weighted by Crippen LogP contribution is 2.47. The highest BCUT2D eigenvalue weighted by molar-refractivity contribution is 6.36. The number of aliphatic hydroxyl groups is 1. The Morgan fingerprint density at radius 3 is 2.60 bits per heavy atom. The van der Waals surface area contributed by atoms with Gasteiger partial charge in [0.2, 0.25) is 12.3 Å². The van der Waals surface area contributed by atoms with E-state index in [4.69, 9.17) is 23.2 Å². The van der Waals surface area contributed by atoms with Crippen molar-refractivity contribution < 1.29 is 18.7 Å². The average Bonchev–Trinajstić information content (AvgIpc) is 2.70. The van der Waals surface area contributed by atoms with Crippen molar-refractivity contribution in [3.05, 3.63) is 27.5 Å². The largest absolute Gasteiger partial charge is 0.387 e. The van der Waals surface area contributed by atoms with Gasteiger partial charge in [0, 0.05) is 30.3 Å². The lowest BCUT2D eigenvalue weighted by molar-refractivity contribution is -0.139. The van der Waals surface area contributed by atoms with E-state index < -0.39 is 18.4 Å². The highest BCUT2D eigenvalue weighted by atomic mass is 35.5. The molecule has 6 atom stereocenters. The summed E-state index contributed by atoms with van der Waals surface area (Å²) in [5.74, 6) is -0.214. The topological polar surface area (TPSA) is 53.4 Å². The minimum absolute atomic E-state index is 0.0143. The molecular weight excluding hydrogens is 433 g/mol. The first-order valence-corrected chi connectivity index (χ1v) is 11.5. The summed E-state index contributed by atoms with van der Waals surface area (Å²) in [6, 6.07) is -0.0143. The summed E-state index contributed by atoms with van der Waals surface area (Å²) in [6.07, 6.45) is 1.75. The van der Waals surface area contributed by atoms with E-state index >= 15 is 0 Å². The predicted octanol–water partition coefficient (Wildman–Crippen LogP) is 5.54. The molecule has 3 rings (SSSR count). The van der Waals surface area contributed by atoms with Gasteiger partial charge in [0.1, 0.15) is 0 Å². The lowest BCUT2D eigenvalue weighted by Gasteiger charge is -2.50. The van der Waals surface area contributed by atoms with Gasteiger partial charge in [-0.3, -0.25) is 9.78 Å². The molecule has 1 aliphatic carbocycles. The number of piperidine rings is 1. The van der Waals surface area contributed by atoms with Crippen molar-refractivity contribution in [3.8, 4) is 0 Å². The van der Waals surface area contributed by atoms with Crippen LogP contribution in [0.2, 0.25) is 10.0 Å². The Balaban J connectivity index is 1.76. The van der Waals surface area contributed by atoms with Gasteiger partial charge < -0.3 is 10.0 Å². The van der Waals surface area contributed by atoms with Crippen LogP contribution in [0.5, 0.6) is 0 Å². The van der Waals surface area contributed by atoms with Crippen LogP contribution < -0.4 is 0 Å². The smallest absolute Gasteiger partial charge is 0.241 e. The summed E-state index contributed by atoms with van der Waals surface area (Å²) >= 11 is 12.6. The number of hydrogen-bond donors (Lipinski definition) is 1. The molecule has 1 N–H and O–H groups in total. The second-order valence-corrected chi connectivity index (χ2v) is 9.65. The third-order valence-corrected chi connectivity index (χ3v) is 7.95. The van der Waals surface area contributed by atoms with Crippen molar-refractivity contribution >= 4 is 29.1 Å². The molecule has 1 saturated heterocycles. The number of aromatic nitrogens is 1. The molecule has 0 spiro atoms. The number of likely N-dealkylation sites (tertiary alicyclic amines) is 1. The summed E-state index contributed by atoms with van der Waals surface area (Å²) in [5, 5.41) is 10.4. The maximum Gasteiger partial charge on any atom is 0.241 e. The number of pyridine rings is 1. The highest BCUT2D eigenvalue weighted by Gasteiger charge is 2.45. The van der Waals surface area contributed by atoms with Crippen molar-refractivity contribution in [2.75, 3.05) is 6.54 Å². The molecular formula is C22H30Cl2F2N2O2. The quantitative estimate of drug-likeness (QED) is 0.624. The fourth-order valence-electron chi connectivity index (χ4n) is 5.50. The fraction of sp³-hybridized carbons (Fsp3) is 0.727.